The molecular weight excluding hydrogens is 390 g/mol. The summed E-state index contributed by atoms with van der Waals surface area (Å²) in [5.74, 6) is 0.728. The molecule has 1 N–H and O–H groups in total. The number of hydrogen-bond acceptors (Lipinski definition) is 6. The number of Topliss-reactive ketones (excluding diaryl/α,β-unsaturated/α-hetero) is 1. The molecule has 0 unspecified atom stereocenters. The summed E-state index contributed by atoms with van der Waals surface area (Å²) in [6, 6.07) is 9.98. The third-order valence-corrected chi connectivity index (χ3v) is 6.08. The Morgan fingerprint density at radius 1 is 1.14 bits per heavy atom. The van der Waals surface area contributed by atoms with E-state index in [0.29, 0.717) is 45.5 Å². The number of phenolic OH excluding ortho intramolecular Hbond substituents is 1. The molecule has 6 nitrogen and oxygen atoms in total. The van der Waals surface area contributed by atoms with Crippen molar-refractivity contribution >= 4 is 29.7 Å². The standard InChI is InChI=1S/C22H21NO5S/c1-27-16-8-9-17(28-22(26)23-10-3-2-4-11-23)21-19(16)20(25)18(29-21)13-14-6-5-7-15(24)12-14/h5-9,12-13,24H,2-4,10-11H2,1H3/b18-13+. The topological polar surface area (TPSA) is 76.1 Å². The lowest BCUT2D eigenvalue weighted by Gasteiger charge is -2.26. The molecule has 0 aliphatic carbocycles. The number of methoxy groups -OCH3 is 1. The number of allylic oxidation sites excluding steroid dienone is 1. The van der Waals surface area contributed by atoms with E-state index in [1.807, 2.05) is 0 Å². The molecule has 0 saturated carbocycles. The first kappa shape index (κ1) is 19.4. The molecule has 2 aliphatic heterocycles. The van der Waals surface area contributed by atoms with Crippen molar-refractivity contribution in [2.24, 2.45) is 0 Å². The van der Waals surface area contributed by atoms with Crippen LogP contribution in [-0.4, -0.2) is 42.1 Å². The van der Waals surface area contributed by atoms with Gasteiger partial charge in [0.1, 0.15) is 17.2 Å². The molecule has 0 bridgehead atoms. The van der Waals surface area contributed by atoms with Crippen molar-refractivity contribution in [2.45, 2.75) is 24.2 Å². The van der Waals surface area contributed by atoms with Gasteiger partial charge in [0.25, 0.3) is 0 Å². The minimum absolute atomic E-state index is 0.126. The molecule has 150 valence electrons. The van der Waals surface area contributed by atoms with Gasteiger partial charge in [0.05, 0.1) is 22.5 Å². The first-order valence-electron chi connectivity index (χ1n) is 9.48. The summed E-state index contributed by atoms with van der Waals surface area (Å²) in [7, 11) is 1.50. The molecule has 0 spiro atoms. The zero-order chi connectivity index (χ0) is 20.4. The highest BCUT2D eigenvalue weighted by molar-refractivity contribution is 8.05. The van der Waals surface area contributed by atoms with Crippen LogP contribution in [0, 0.1) is 0 Å². The van der Waals surface area contributed by atoms with Crippen LogP contribution in [0.2, 0.25) is 0 Å². The third kappa shape index (κ3) is 3.96. The fraction of sp³-hybridized carbons (Fsp3) is 0.273. The molecule has 1 amide bonds. The molecular formula is C22H21NO5S. The van der Waals surface area contributed by atoms with E-state index < -0.39 is 6.09 Å². The SMILES string of the molecule is COc1ccc(OC(=O)N2CCCCC2)c2c1C(=O)/C(=C\c1cccc(O)c1)S2. The Kier molecular flexibility index (Phi) is 5.49. The van der Waals surface area contributed by atoms with Gasteiger partial charge in [-0.15, -0.1) is 0 Å². The van der Waals surface area contributed by atoms with Crippen LogP contribution in [0.4, 0.5) is 4.79 Å². The summed E-state index contributed by atoms with van der Waals surface area (Å²) in [6.07, 6.45) is 4.38. The van der Waals surface area contributed by atoms with Crippen molar-refractivity contribution in [1.29, 1.82) is 0 Å². The largest absolute Gasteiger partial charge is 0.508 e. The Morgan fingerprint density at radius 3 is 2.62 bits per heavy atom. The second-order valence-corrected chi connectivity index (χ2v) is 7.97. The van der Waals surface area contributed by atoms with E-state index in [9.17, 15) is 14.7 Å². The number of ether oxygens (including phenoxy) is 2. The molecule has 0 atom stereocenters. The normalized spacial score (nSPS) is 17.3. The lowest BCUT2D eigenvalue weighted by Crippen LogP contribution is -2.37. The molecule has 0 aromatic heterocycles. The monoisotopic (exact) mass is 411 g/mol. The highest BCUT2D eigenvalue weighted by Gasteiger charge is 2.33. The number of rotatable bonds is 3. The van der Waals surface area contributed by atoms with Crippen molar-refractivity contribution in [3.05, 3.63) is 52.4 Å². The van der Waals surface area contributed by atoms with E-state index in [-0.39, 0.29) is 11.5 Å². The van der Waals surface area contributed by atoms with E-state index in [1.165, 1.54) is 18.9 Å². The number of thioether (sulfide) groups is 1. The zero-order valence-corrected chi connectivity index (χ0v) is 16.8. The number of hydrogen-bond donors (Lipinski definition) is 1. The maximum atomic E-state index is 13.0. The van der Waals surface area contributed by atoms with Crippen molar-refractivity contribution < 1.29 is 24.2 Å². The van der Waals surface area contributed by atoms with E-state index in [0.717, 1.165) is 19.3 Å². The smallest absolute Gasteiger partial charge is 0.415 e. The van der Waals surface area contributed by atoms with Gasteiger partial charge >= 0.3 is 6.09 Å². The van der Waals surface area contributed by atoms with Crippen molar-refractivity contribution in [3.8, 4) is 17.2 Å². The Labute approximate surface area is 173 Å². The predicted octanol–water partition coefficient (Wildman–Crippen LogP) is 4.72. The van der Waals surface area contributed by atoms with Crippen molar-refractivity contribution in [1.82, 2.24) is 4.90 Å². The van der Waals surface area contributed by atoms with Gasteiger partial charge in [-0.2, -0.15) is 0 Å². The van der Waals surface area contributed by atoms with Gasteiger partial charge in [0.15, 0.2) is 0 Å². The van der Waals surface area contributed by atoms with Crippen LogP contribution in [0.15, 0.2) is 46.2 Å². The summed E-state index contributed by atoms with van der Waals surface area (Å²) in [4.78, 5) is 28.3. The number of likely N-dealkylation sites (tertiary alicyclic amines) is 1. The van der Waals surface area contributed by atoms with E-state index in [2.05, 4.69) is 0 Å². The van der Waals surface area contributed by atoms with E-state index in [1.54, 1.807) is 47.4 Å². The van der Waals surface area contributed by atoms with E-state index in [4.69, 9.17) is 9.47 Å². The highest BCUT2D eigenvalue weighted by atomic mass is 32.2. The van der Waals surface area contributed by atoms with Gasteiger partial charge in [-0.1, -0.05) is 23.9 Å². The fourth-order valence-corrected chi connectivity index (χ4v) is 4.60. The molecule has 2 aromatic rings. The number of benzene rings is 2. The number of nitrogens with zero attached hydrogens (tertiary/aromatic N) is 1. The van der Waals surface area contributed by atoms with Gasteiger partial charge in [0.2, 0.25) is 5.78 Å². The number of carbonyl (C=O) groups is 2. The maximum Gasteiger partial charge on any atom is 0.415 e. The molecule has 1 saturated heterocycles. The molecule has 4 rings (SSSR count). The quantitative estimate of drug-likeness (QED) is 0.737. The Hall–Kier alpha value is -2.93. The average molecular weight is 411 g/mol. The first-order valence-corrected chi connectivity index (χ1v) is 10.3. The van der Waals surface area contributed by atoms with Crippen molar-refractivity contribution in [3.63, 3.8) is 0 Å². The Balaban J connectivity index is 1.65. The second kappa shape index (κ2) is 8.21. The number of carbonyl (C=O) groups excluding carboxylic acids is 2. The number of ketones is 1. The van der Waals surface area contributed by atoms with E-state index >= 15 is 0 Å². The lowest BCUT2D eigenvalue weighted by molar-refractivity contribution is 0.103. The molecule has 2 aliphatic rings. The molecule has 7 heteroatoms. The average Bonchev–Trinajstić information content (AvgIpc) is 3.06. The minimum atomic E-state index is -0.393. The third-order valence-electron chi connectivity index (χ3n) is 4.95. The molecule has 2 aromatic carbocycles. The Bertz CT molecular complexity index is 995. The number of aromatic hydroxyl groups is 1. The van der Waals surface area contributed by atoms with Crippen LogP contribution in [0.5, 0.6) is 17.2 Å². The van der Waals surface area contributed by atoms with Gasteiger partial charge in [-0.3, -0.25) is 4.79 Å². The fourth-order valence-electron chi connectivity index (χ4n) is 3.49. The van der Waals surface area contributed by atoms with Gasteiger partial charge in [-0.05, 0) is 55.2 Å². The zero-order valence-electron chi connectivity index (χ0n) is 16.0. The summed E-state index contributed by atoms with van der Waals surface area (Å²) in [5, 5.41) is 9.67. The predicted molar refractivity (Wildman–Crippen MR) is 111 cm³/mol. The minimum Gasteiger partial charge on any atom is -0.508 e. The summed E-state index contributed by atoms with van der Waals surface area (Å²) in [5.41, 5.74) is 1.10. The number of phenols is 1. The Morgan fingerprint density at radius 2 is 1.90 bits per heavy atom. The van der Waals surface area contributed by atoms with Gasteiger partial charge in [-0.25, -0.2) is 4.79 Å². The van der Waals surface area contributed by atoms with Crippen LogP contribution in [-0.2, 0) is 0 Å². The number of amides is 1. The summed E-state index contributed by atoms with van der Waals surface area (Å²) >= 11 is 1.24. The number of fused-ring (bicyclic) bond motifs is 1. The first-order chi connectivity index (χ1) is 14.1. The van der Waals surface area contributed by atoms with Crippen LogP contribution >= 0.6 is 11.8 Å². The van der Waals surface area contributed by atoms with Gasteiger partial charge in [0, 0.05) is 13.1 Å². The van der Waals surface area contributed by atoms with Crippen LogP contribution < -0.4 is 9.47 Å². The van der Waals surface area contributed by atoms with Crippen LogP contribution in [0.3, 0.4) is 0 Å². The van der Waals surface area contributed by atoms with Crippen molar-refractivity contribution in [2.75, 3.05) is 20.2 Å². The van der Waals surface area contributed by atoms with Crippen LogP contribution in [0.1, 0.15) is 35.2 Å². The second-order valence-electron chi connectivity index (χ2n) is 6.92. The maximum absolute atomic E-state index is 13.0. The van der Waals surface area contributed by atoms with Crippen LogP contribution in [0.25, 0.3) is 6.08 Å². The summed E-state index contributed by atoms with van der Waals surface area (Å²) < 4.78 is 11.0. The number of piperidine rings is 1. The van der Waals surface area contributed by atoms with Gasteiger partial charge < -0.3 is 19.5 Å². The lowest BCUT2D eigenvalue weighted by atomic mass is 10.1. The highest BCUT2D eigenvalue weighted by Crippen LogP contribution is 2.49. The summed E-state index contributed by atoms with van der Waals surface area (Å²) in [6.45, 7) is 1.37. The molecule has 29 heavy (non-hydrogen) atoms. The molecule has 0 radical (unpaired) electrons. The molecule has 1 fully saturated rings. The molecule has 2 heterocycles.